The molecule has 0 amide bonds. The van der Waals surface area contributed by atoms with E-state index in [0.717, 1.165) is 69.8 Å². The lowest BCUT2D eigenvalue weighted by atomic mass is 9.96. The van der Waals surface area contributed by atoms with Crippen LogP contribution in [0, 0.1) is 53.5 Å². The fourth-order valence-electron chi connectivity index (χ4n) is 14.5. The van der Waals surface area contributed by atoms with Crippen molar-refractivity contribution in [1.82, 2.24) is 0 Å². The molecule has 0 unspecified atom stereocenters. The Hall–Kier alpha value is -10.1. The fraction of sp³-hybridized carbons (Fsp3) is 0.321. The Kier molecular flexibility index (Phi) is 36.3. The molecule has 0 saturated heterocycles. The van der Waals surface area contributed by atoms with Gasteiger partial charge in [0.1, 0.15) is 5.75 Å². The maximum Gasteiger partial charge on any atom is 0.167 e. The van der Waals surface area contributed by atoms with Gasteiger partial charge in [0.25, 0.3) is 0 Å². The Morgan fingerprint density at radius 2 is 0.348 bits per heavy atom. The number of benzene rings is 12. The lowest BCUT2D eigenvalue weighted by Gasteiger charge is -2.11. The first-order chi connectivity index (χ1) is 56.0. The highest BCUT2D eigenvalue weighted by Gasteiger charge is 2.21. The van der Waals surface area contributed by atoms with Crippen molar-refractivity contribution in [3.8, 4) is 94.8 Å². The molecule has 0 N–H and O–H groups in total. The molecule has 602 valence electrons. The van der Waals surface area contributed by atoms with Crippen LogP contribution >= 0.6 is 0 Å². The molecule has 0 saturated carbocycles. The summed E-state index contributed by atoms with van der Waals surface area (Å²) in [4.78, 5) is 0. The van der Waals surface area contributed by atoms with Crippen molar-refractivity contribution in [3.63, 3.8) is 0 Å². The summed E-state index contributed by atoms with van der Waals surface area (Å²) in [6.45, 7) is 15.1. The van der Waals surface area contributed by atoms with E-state index in [0.29, 0.717) is 83.6 Å². The molecule has 0 fully saturated rings. The molecule has 0 aliphatic heterocycles. The number of ether oxygens (including phenoxy) is 1. The van der Waals surface area contributed by atoms with E-state index in [1.165, 1.54) is 136 Å². The lowest BCUT2D eigenvalue weighted by molar-refractivity contribution is 0.415. The average Bonchev–Trinajstić information content (AvgIpc) is 0.813. The van der Waals surface area contributed by atoms with Crippen molar-refractivity contribution in [2.24, 2.45) is 0 Å². The molecule has 0 bridgehead atoms. The topological polar surface area (TPSA) is 9.23 Å². The van der Waals surface area contributed by atoms with Gasteiger partial charge in [0.2, 0.25) is 0 Å². The van der Waals surface area contributed by atoms with Crippen LogP contribution in [0.25, 0.3) is 89.0 Å². The van der Waals surface area contributed by atoms with Crippen LogP contribution in [0.3, 0.4) is 0 Å². The van der Waals surface area contributed by atoms with Crippen LogP contribution in [0.4, 0.5) is 35.1 Å². The molecule has 0 radical (unpaired) electrons. The van der Waals surface area contributed by atoms with E-state index in [-0.39, 0.29) is 11.1 Å². The summed E-state index contributed by atoms with van der Waals surface area (Å²) in [5.74, 6) is -5.67. The summed E-state index contributed by atoms with van der Waals surface area (Å²) in [6, 6.07) is 74.6. The number of unbranched alkanes of at least 4 members (excludes halogenated alkanes) is 14. The zero-order chi connectivity index (χ0) is 81.9. The van der Waals surface area contributed by atoms with Crippen LogP contribution in [0.5, 0.6) is 5.75 Å². The van der Waals surface area contributed by atoms with Gasteiger partial charge >= 0.3 is 0 Å². The van der Waals surface area contributed by atoms with E-state index in [9.17, 15) is 35.1 Å². The summed E-state index contributed by atoms with van der Waals surface area (Å²) >= 11 is 0. The molecule has 12 aromatic carbocycles. The second-order valence-electron chi connectivity index (χ2n) is 30.4. The third kappa shape index (κ3) is 25.9. The summed E-state index contributed by atoms with van der Waals surface area (Å²) in [7, 11) is 1.57. The molecule has 0 atom stereocenters. The minimum absolute atomic E-state index is 0.245. The van der Waals surface area contributed by atoms with Gasteiger partial charge in [-0.05, 0) is 168 Å². The summed E-state index contributed by atoms with van der Waals surface area (Å²) in [6.07, 6.45) is 30.3. The first kappa shape index (κ1) is 88.8. The van der Waals surface area contributed by atoms with Gasteiger partial charge in [-0.25, -0.2) is 35.1 Å². The van der Waals surface area contributed by atoms with Gasteiger partial charge in [-0.1, -0.05) is 374 Å². The quantitative estimate of drug-likeness (QED) is 0.0284. The fourth-order valence-corrected chi connectivity index (χ4v) is 14.5. The van der Waals surface area contributed by atoms with Crippen molar-refractivity contribution in [1.29, 1.82) is 0 Å². The molecule has 0 aliphatic carbocycles. The predicted octanol–water partition coefficient (Wildman–Crippen LogP) is 32.7. The second kappa shape index (κ2) is 47.0. The Bertz CT molecular complexity index is 4870. The van der Waals surface area contributed by atoms with Crippen LogP contribution in [-0.4, -0.2) is 7.11 Å². The molecule has 115 heavy (non-hydrogen) atoms. The number of hydrogen-bond acceptors (Lipinski definition) is 1. The van der Waals surface area contributed by atoms with Gasteiger partial charge in [-0.3, -0.25) is 0 Å². The van der Waals surface area contributed by atoms with Crippen molar-refractivity contribution in [3.05, 3.63) is 328 Å². The highest BCUT2D eigenvalue weighted by molar-refractivity contribution is 5.76. The monoisotopic (exact) mass is 1560 g/mol. The zero-order valence-electron chi connectivity index (χ0n) is 68.9. The van der Waals surface area contributed by atoms with Crippen LogP contribution < -0.4 is 4.74 Å². The Balaban J connectivity index is 0.000000176. The second-order valence-corrected chi connectivity index (χ2v) is 30.4. The molecular weight excluding hydrogens is 1440 g/mol. The molecule has 0 heterocycles. The maximum absolute atomic E-state index is 15.0. The largest absolute Gasteiger partial charge is 0.497 e. The van der Waals surface area contributed by atoms with Crippen molar-refractivity contribution >= 4 is 0 Å². The summed E-state index contributed by atoms with van der Waals surface area (Å²) in [5.41, 5.74) is 16.4. The third-order valence-corrected chi connectivity index (χ3v) is 21.6. The Morgan fingerprint density at radius 1 is 0.183 bits per heavy atom. The van der Waals surface area contributed by atoms with Crippen LogP contribution in [0.15, 0.2) is 243 Å². The Labute approximate surface area is 681 Å². The molecule has 12 rings (SSSR count). The molecule has 12 aromatic rings. The lowest BCUT2D eigenvalue weighted by Crippen LogP contribution is -1.95. The van der Waals surface area contributed by atoms with E-state index >= 15 is 0 Å². The molecular formula is C106H116F8O. The molecule has 1 nitrogen and oxygen atoms in total. The van der Waals surface area contributed by atoms with Crippen LogP contribution in [0.1, 0.15) is 209 Å². The van der Waals surface area contributed by atoms with Gasteiger partial charge in [0.05, 0.1) is 7.11 Å². The van der Waals surface area contributed by atoms with Crippen molar-refractivity contribution in [2.45, 2.75) is 215 Å². The first-order valence-corrected chi connectivity index (χ1v) is 42.2. The molecule has 0 aromatic heterocycles. The van der Waals surface area contributed by atoms with Gasteiger partial charge < -0.3 is 4.74 Å². The smallest absolute Gasteiger partial charge is 0.167 e. The zero-order valence-corrected chi connectivity index (χ0v) is 68.9. The maximum atomic E-state index is 15.0. The molecule has 0 spiro atoms. The van der Waals surface area contributed by atoms with Crippen LogP contribution in [0.2, 0.25) is 0 Å². The average molecular weight is 1560 g/mol. The summed E-state index contributed by atoms with van der Waals surface area (Å²) in [5, 5.41) is 0. The van der Waals surface area contributed by atoms with Gasteiger partial charge in [0, 0.05) is 44.5 Å². The Morgan fingerprint density at radius 3 is 0.539 bits per heavy atom. The van der Waals surface area contributed by atoms with Gasteiger partial charge in [-0.15, -0.1) is 0 Å². The highest BCUT2D eigenvalue weighted by Crippen LogP contribution is 2.38. The number of methoxy groups -OCH3 is 1. The minimum Gasteiger partial charge on any atom is -0.497 e. The number of aryl methyl sites for hydroxylation is 7. The van der Waals surface area contributed by atoms with Gasteiger partial charge in [0.15, 0.2) is 46.5 Å². The van der Waals surface area contributed by atoms with Gasteiger partial charge in [-0.2, -0.15) is 0 Å². The highest BCUT2D eigenvalue weighted by atomic mass is 19.2. The predicted molar refractivity (Wildman–Crippen MR) is 469 cm³/mol. The van der Waals surface area contributed by atoms with E-state index in [1.807, 2.05) is 177 Å². The minimum atomic E-state index is -0.829. The third-order valence-electron chi connectivity index (χ3n) is 21.6. The van der Waals surface area contributed by atoms with E-state index < -0.39 is 46.5 Å². The van der Waals surface area contributed by atoms with Crippen molar-refractivity contribution < 1.29 is 39.9 Å². The van der Waals surface area contributed by atoms with E-state index in [2.05, 4.69) is 41.5 Å². The molecule has 9 heteroatoms. The standard InChI is InChI=1S/C30H36F2.C28H32F2.C24H24F2O.C24H24F2/c1-3-5-7-8-10-12-24-15-19-26(20-16-24)28-22-21-27(29(31)30(28)32)25-17-13-23(14-18-25)11-9-6-4-2;1-3-5-6-7-8-10-22-13-17-24(18-14-22)26-20-19-25(27(29)28(26)30)23-15-11-21(9-4-2)12-16-23;1-3-4-5-6-17-7-9-18(10-8-17)21-15-16-22(24(26)23(21)25)19-11-13-20(27-2)14-12-19;1-3-4-5-6-18-9-13-20(14-10-18)22-16-15-21(23(25)24(22)26)19-11-7-17(2)8-12-19/h13-22H,3-12H2,1-2H3;11-20H,3-10H2,1-2H3;7-16H,3-6H2,1-2H3;7-16H,3-6H2,1-2H3. The first-order valence-electron chi connectivity index (χ1n) is 42.2. The van der Waals surface area contributed by atoms with Crippen molar-refractivity contribution in [2.75, 3.05) is 7.11 Å². The molecule has 0 aliphatic rings. The van der Waals surface area contributed by atoms with Crippen LogP contribution in [-0.2, 0) is 38.5 Å². The SMILES string of the molecule is CCCCCCCc1ccc(-c2ccc(-c3ccc(CCC)cc3)c(F)c2F)cc1.CCCCCCCc1ccc(-c2ccc(-c3ccc(CCCCC)cc3)c(F)c2F)cc1.CCCCCc1ccc(-c2ccc(-c3ccc(C)cc3)c(F)c2F)cc1.CCCCCc1ccc(-c2ccc(-c3ccc(OC)cc3)c(F)c2F)cc1. The number of hydrogen-bond donors (Lipinski definition) is 0. The normalized spacial score (nSPS) is 11.0. The number of rotatable bonds is 35. The van der Waals surface area contributed by atoms with E-state index in [1.54, 1.807) is 79.9 Å². The summed E-state index contributed by atoms with van der Waals surface area (Å²) < 4.78 is 124. The number of halogens is 8. The van der Waals surface area contributed by atoms with E-state index in [4.69, 9.17) is 4.74 Å².